The number of carbonyl (C=O) groups is 1. The van der Waals surface area contributed by atoms with Gasteiger partial charge in [-0.3, -0.25) is 9.32 Å². The molecule has 1 unspecified atom stereocenters. The van der Waals surface area contributed by atoms with Crippen LogP contribution in [0.1, 0.15) is 38.7 Å². The van der Waals surface area contributed by atoms with E-state index >= 15 is 0 Å². The number of nitrogen functional groups attached to an aromatic ring is 1. The van der Waals surface area contributed by atoms with Gasteiger partial charge in [-0.1, -0.05) is 11.3 Å². The highest BCUT2D eigenvalue weighted by atomic mass is 35.5. The van der Waals surface area contributed by atoms with E-state index < -0.39 is 15.6 Å². The number of aromatic nitrogens is 3. The van der Waals surface area contributed by atoms with E-state index in [1.54, 1.807) is 24.6 Å². The molecule has 2 rings (SSSR count). The van der Waals surface area contributed by atoms with E-state index in [2.05, 4.69) is 18.8 Å². The molecule has 0 fully saturated rings. The van der Waals surface area contributed by atoms with Crippen molar-refractivity contribution in [2.75, 3.05) is 12.3 Å². The number of hydrogen-bond donors (Lipinski definition) is 4. The van der Waals surface area contributed by atoms with Crippen molar-refractivity contribution in [1.82, 2.24) is 9.97 Å². The molecule has 0 bridgehead atoms. The average molecular weight is 503 g/mol. The summed E-state index contributed by atoms with van der Waals surface area (Å²) in [7, 11) is -10.1. The second-order valence-electron chi connectivity index (χ2n) is 6.01. The maximum atomic E-state index is 12.1. The van der Waals surface area contributed by atoms with Crippen molar-refractivity contribution >= 4 is 38.6 Å². The van der Waals surface area contributed by atoms with Gasteiger partial charge in [0.1, 0.15) is 11.6 Å². The zero-order valence-corrected chi connectivity index (χ0v) is 19.5. The van der Waals surface area contributed by atoms with Gasteiger partial charge in [-0.2, -0.15) is 8.88 Å². The van der Waals surface area contributed by atoms with Crippen LogP contribution in [0.4, 0.5) is 5.82 Å². The number of hydrogen-bond acceptors (Lipinski definition) is 9. The summed E-state index contributed by atoms with van der Waals surface area (Å²) in [4.78, 5) is 47.5. The van der Waals surface area contributed by atoms with Crippen LogP contribution in [0.25, 0.3) is 0 Å². The van der Waals surface area contributed by atoms with E-state index in [0.717, 1.165) is 0 Å². The fraction of sp³-hybridized carbons (Fsp3) is 0.429. The van der Waals surface area contributed by atoms with Crippen LogP contribution in [-0.2, 0) is 30.9 Å². The Bertz CT molecular complexity index is 1030. The van der Waals surface area contributed by atoms with Crippen molar-refractivity contribution < 1.29 is 54.4 Å². The minimum Gasteiger partial charge on any atom is -1.00 e. The number of aryl methyl sites for hydroxylation is 1. The predicted octanol–water partition coefficient (Wildman–Crippen LogP) is -1.95. The van der Waals surface area contributed by atoms with E-state index in [1.165, 1.54) is 18.3 Å². The minimum atomic E-state index is -5.18. The molecule has 5 N–H and O–H groups in total. The number of Topliss-reactive ketones (excluding diaryl/α,β-unsaturated/α-hetero) is 1. The van der Waals surface area contributed by atoms with Gasteiger partial charge in [-0.15, -0.1) is 0 Å². The number of anilines is 1. The summed E-state index contributed by atoms with van der Waals surface area (Å²) >= 11 is 1.17. The second kappa shape index (κ2) is 10.4. The van der Waals surface area contributed by atoms with E-state index in [1.807, 2.05) is 0 Å². The first-order valence-electron chi connectivity index (χ1n) is 8.14. The Labute approximate surface area is 182 Å². The van der Waals surface area contributed by atoms with Crippen LogP contribution in [0.2, 0.25) is 0 Å². The lowest BCUT2D eigenvalue weighted by Crippen LogP contribution is -3.00. The Hall–Kier alpha value is -1.27. The number of nitrogens with zero attached hydrogens (tertiary/aromatic N) is 3. The molecule has 0 aliphatic rings. The second-order valence-corrected chi connectivity index (χ2v) is 9.92. The maximum absolute atomic E-state index is 12.1. The normalized spacial score (nSPS) is 13.5. The fourth-order valence-electron chi connectivity index (χ4n) is 2.45. The molecule has 12 nitrogen and oxygen atoms in total. The van der Waals surface area contributed by atoms with Crippen molar-refractivity contribution in [2.24, 2.45) is 0 Å². The van der Waals surface area contributed by atoms with Crippen molar-refractivity contribution in [3.63, 3.8) is 0 Å². The summed E-state index contributed by atoms with van der Waals surface area (Å²) in [6, 6.07) is 0. The number of thiazole rings is 1. The highest BCUT2D eigenvalue weighted by molar-refractivity contribution is 7.60. The molecule has 0 saturated carbocycles. The zero-order valence-electron chi connectivity index (χ0n) is 16.2. The summed E-state index contributed by atoms with van der Waals surface area (Å²) in [5.74, 6) is 0.634. The smallest absolute Gasteiger partial charge is 0.481 e. The molecule has 0 aromatic carbocycles. The number of carbonyl (C=O) groups excluding carboxylic acids is 1. The summed E-state index contributed by atoms with van der Waals surface area (Å²) in [6.07, 6.45) is 1.69. The number of phosphoric ester groups is 1. The molecule has 30 heavy (non-hydrogen) atoms. The molecular formula is C14H21ClN4O8P2S. The Morgan fingerprint density at radius 2 is 1.93 bits per heavy atom. The maximum Gasteiger partial charge on any atom is 0.481 e. The van der Waals surface area contributed by atoms with Crippen LogP contribution in [0.5, 0.6) is 0 Å². The lowest BCUT2D eigenvalue weighted by Gasteiger charge is -2.11. The Morgan fingerprint density at radius 3 is 2.47 bits per heavy atom. The standard InChI is InChI=1S/C14H20N4O8P2S.ClH/c1-8-12(4-5-25-28(23,24)26-27(20,21)22)29-14(9(2)19)18(8)7-11-6-16-10(3)17-13(11)15;/h6H,4-5,7H2,1-3H3,(H4-,15,16,17,20,21,22,23,24);1H. The van der Waals surface area contributed by atoms with Gasteiger partial charge in [0.25, 0.3) is 0 Å². The third kappa shape index (κ3) is 7.45. The highest BCUT2D eigenvalue weighted by Crippen LogP contribution is 2.57. The van der Waals surface area contributed by atoms with Gasteiger partial charge in [-0.25, -0.2) is 19.1 Å². The van der Waals surface area contributed by atoms with Gasteiger partial charge in [0, 0.05) is 26.5 Å². The molecule has 0 amide bonds. The molecule has 1 atom stereocenters. The van der Waals surface area contributed by atoms with Crippen molar-refractivity contribution in [1.29, 1.82) is 0 Å². The highest BCUT2D eigenvalue weighted by Gasteiger charge is 2.33. The first kappa shape index (κ1) is 26.8. The summed E-state index contributed by atoms with van der Waals surface area (Å²) in [5.41, 5.74) is 7.26. The van der Waals surface area contributed by atoms with E-state index in [-0.39, 0.29) is 37.8 Å². The molecule has 0 saturated heterocycles. The number of rotatable bonds is 9. The SMILES string of the molecule is CC(=O)c1sc(CCOP(=O)(O)OP(=O)(O)O)c(C)[n+]1Cc1cnc(C)nc1N.[Cl-]. The van der Waals surface area contributed by atoms with E-state index in [0.29, 0.717) is 32.8 Å². The van der Waals surface area contributed by atoms with Gasteiger partial charge in [0.15, 0.2) is 12.2 Å². The quantitative estimate of drug-likeness (QED) is 0.169. The molecule has 16 heteroatoms. The molecule has 0 aliphatic heterocycles. The van der Waals surface area contributed by atoms with Gasteiger partial charge >= 0.3 is 20.7 Å². The zero-order chi connectivity index (χ0) is 22.0. The third-order valence-corrected chi connectivity index (χ3v) is 7.35. The van der Waals surface area contributed by atoms with E-state index in [9.17, 15) is 18.8 Å². The molecule has 0 radical (unpaired) electrons. The van der Waals surface area contributed by atoms with Crippen molar-refractivity contribution in [2.45, 2.75) is 33.7 Å². The molecular weight excluding hydrogens is 482 g/mol. The number of nitrogens with two attached hydrogens (primary N) is 1. The van der Waals surface area contributed by atoms with Crippen molar-refractivity contribution in [3.05, 3.63) is 33.2 Å². The van der Waals surface area contributed by atoms with Gasteiger partial charge in [0.2, 0.25) is 5.78 Å². The molecule has 0 aliphatic carbocycles. The molecule has 2 aromatic heterocycles. The molecule has 2 aromatic rings. The summed E-state index contributed by atoms with van der Waals surface area (Å²) < 4.78 is 32.3. The Kier molecular flexibility index (Phi) is 9.24. The van der Waals surface area contributed by atoms with Crippen LogP contribution < -0.4 is 22.7 Å². The first-order chi connectivity index (χ1) is 13.3. The lowest BCUT2D eigenvalue weighted by atomic mass is 10.2. The minimum absolute atomic E-state index is 0. The number of phosphoric acid groups is 2. The van der Waals surface area contributed by atoms with Crippen LogP contribution in [0.3, 0.4) is 0 Å². The summed E-state index contributed by atoms with van der Waals surface area (Å²) in [6.45, 7) is 4.77. The van der Waals surface area contributed by atoms with Gasteiger partial charge < -0.3 is 32.8 Å². The molecule has 168 valence electrons. The monoisotopic (exact) mass is 502 g/mol. The Balaban J connectivity index is 0.00000450. The van der Waals surface area contributed by atoms with Crippen molar-refractivity contribution in [3.8, 4) is 0 Å². The average Bonchev–Trinajstić information content (AvgIpc) is 2.84. The fourth-order valence-corrected chi connectivity index (χ4v) is 5.17. The Morgan fingerprint density at radius 1 is 1.30 bits per heavy atom. The number of ketones is 1. The van der Waals surface area contributed by atoms with Crippen LogP contribution in [0.15, 0.2) is 6.20 Å². The van der Waals surface area contributed by atoms with Gasteiger partial charge in [0.05, 0.1) is 17.0 Å². The van der Waals surface area contributed by atoms with Crippen LogP contribution in [0, 0.1) is 13.8 Å². The predicted molar refractivity (Wildman–Crippen MR) is 102 cm³/mol. The first-order valence-corrected chi connectivity index (χ1v) is 12.0. The topological polar surface area (TPSA) is 186 Å². The summed E-state index contributed by atoms with van der Waals surface area (Å²) in [5, 5.41) is 0.427. The number of halogens is 1. The van der Waals surface area contributed by atoms with Gasteiger partial charge in [-0.05, 0) is 6.92 Å². The molecule has 2 heterocycles. The molecule has 0 spiro atoms. The largest absolute Gasteiger partial charge is 1.00 e. The van der Waals surface area contributed by atoms with Crippen LogP contribution in [-0.4, -0.2) is 37.0 Å². The van der Waals surface area contributed by atoms with E-state index in [4.69, 9.17) is 15.5 Å². The third-order valence-electron chi connectivity index (χ3n) is 3.71. The van der Waals surface area contributed by atoms with Crippen LogP contribution >= 0.6 is 27.0 Å². The lowest BCUT2D eigenvalue weighted by molar-refractivity contribution is -0.691.